The molecule has 0 aliphatic carbocycles. The molecule has 1 heterocycles. The lowest BCUT2D eigenvalue weighted by Gasteiger charge is -1.77. The van der Waals surface area contributed by atoms with Crippen molar-refractivity contribution in [3.05, 3.63) is 16.6 Å². The van der Waals surface area contributed by atoms with Crippen LogP contribution >= 0.6 is 11.3 Å². The molecule has 1 radical (unpaired) electrons. The van der Waals surface area contributed by atoms with Gasteiger partial charge in [0.15, 0.2) is 11.3 Å². The molecule has 3 heteroatoms. The van der Waals surface area contributed by atoms with E-state index in [-0.39, 0.29) is 5.78 Å². The lowest BCUT2D eigenvalue weighted by molar-refractivity contribution is 0.102. The molecule has 1 rings (SSSR count). The number of hydrogen-bond acceptors (Lipinski definition) is 3. The summed E-state index contributed by atoms with van der Waals surface area (Å²) in [5.74, 6) is 0.0590. The molecule has 0 N–H and O–H groups in total. The fourth-order valence-corrected chi connectivity index (χ4v) is 0.803. The molecule has 0 unspecified atom stereocenters. The molecule has 0 aliphatic heterocycles. The van der Waals surface area contributed by atoms with Gasteiger partial charge in [-0.3, -0.25) is 4.79 Å². The second kappa shape index (κ2) is 2.05. The summed E-state index contributed by atoms with van der Waals surface area (Å²) in [6, 6.07) is 0. The van der Waals surface area contributed by atoms with Crippen LogP contribution in [0.5, 0.6) is 0 Å². The Bertz CT molecular complexity index is 180. The topological polar surface area (TPSA) is 30.0 Å². The molecule has 0 aromatic carbocycles. The van der Waals surface area contributed by atoms with Gasteiger partial charge in [0, 0.05) is 13.1 Å². The van der Waals surface area contributed by atoms with Gasteiger partial charge in [0.1, 0.15) is 0 Å². The predicted molar refractivity (Wildman–Crippen MR) is 31.0 cm³/mol. The van der Waals surface area contributed by atoms with Crippen LogP contribution in [0.25, 0.3) is 0 Å². The van der Waals surface area contributed by atoms with Crippen LogP contribution in [-0.2, 0) is 0 Å². The van der Waals surface area contributed by atoms with Gasteiger partial charge in [0.05, 0.1) is 4.88 Å². The molecule has 0 atom stereocenters. The molecule has 1 aromatic rings. The first-order valence-electron chi connectivity index (χ1n) is 2.13. The summed E-state index contributed by atoms with van der Waals surface area (Å²) in [6.07, 6.45) is 1.52. The zero-order chi connectivity index (χ0) is 5.98. The number of aromatic nitrogens is 1. The summed E-state index contributed by atoms with van der Waals surface area (Å²) in [5, 5.41) is 0. The molecule has 0 bridgehead atoms. The van der Waals surface area contributed by atoms with Crippen LogP contribution in [0.4, 0.5) is 0 Å². The van der Waals surface area contributed by atoms with Gasteiger partial charge in [-0.05, 0) is 0 Å². The van der Waals surface area contributed by atoms with E-state index in [0.29, 0.717) is 4.88 Å². The van der Waals surface area contributed by atoms with E-state index in [9.17, 15) is 4.79 Å². The SMILES string of the molecule is CC(=O)c1cn[c]s1. The molecular weight excluding hydrogens is 122 g/mol. The summed E-state index contributed by atoms with van der Waals surface area (Å²) >= 11 is 1.25. The van der Waals surface area contributed by atoms with Crippen LogP contribution in [-0.4, -0.2) is 10.8 Å². The normalized spacial score (nSPS) is 9.12. The maximum Gasteiger partial charge on any atom is 0.171 e. The Balaban J connectivity index is 2.93. The molecule has 8 heavy (non-hydrogen) atoms. The number of rotatable bonds is 1. The third-order valence-corrected chi connectivity index (χ3v) is 1.55. The minimum Gasteiger partial charge on any atom is -0.294 e. The van der Waals surface area contributed by atoms with E-state index in [1.54, 1.807) is 0 Å². The number of nitrogens with zero attached hydrogens (tertiary/aromatic N) is 1. The highest BCUT2D eigenvalue weighted by molar-refractivity contribution is 7.11. The second-order valence-corrected chi connectivity index (χ2v) is 2.20. The zero-order valence-corrected chi connectivity index (χ0v) is 5.16. The van der Waals surface area contributed by atoms with E-state index in [1.165, 1.54) is 24.5 Å². The van der Waals surface area contributed by atoms with E-state index in [4.69, 9.17) is 0 Å². The Morgan fingerprint density at radius 2 is 2.75 bits per heavy atom. The molecule has 0 fully saturated rings. The number of Topliss-reactive ketones (excluding diaryl/α,β-unsaturated/α-hetero) is 1. The highest BCUT2D eigenvalue weighted by atomic mass is 32.1. The monoisotopic (exact) mass is 126 g/mol. The van der Waals surface area contributed by atoms with Crippen molar-refractivity contribution in [2.24, 2.45) is 0 Å². The first kappa shape index (κ1) is 5.44. The molecule has 1 aromatic heterocycles. The largest absolute Gasteiger partial charge is 0.294 e. The molecule has 0 saturated heterocycles. The lowest BCUT2D eigenvalue weighted by atomic mass is 10.4. The van der Waals surface area contributed by atoms with Gasteiger partial charge in [-0.2, -0.15) is 0 Å². The number of hydrogen-bond donors (Lipinski definition) is 0. The Hall–Kier alpha value is -0.700. The highest BCUT2D eigenvalue weighted by Gasteiger charge is 1.97. The molecule has 0 aliphatic rings. The Morgan fingerprint density at radius 3 is 3.00 bits per heavy atom. The van der Waals surface area contributed by atoms with Crippen LogP contribution in [0.3, 0.4) is 0 Å². The molecule has 41 valence electrons. The zero-order valence-electron chi connectivity index (χ0n) is 4.34. The molecule has 0 amide bonds. The number of thiazole rings is 1. The third-order valence-electron chi connectivity index (χ3n) is 0.737. The van der Waals surface area contributed by atoms with Crippen molar-refractivity contribution in [3.63, 3.8) is 0 Å². The maximum atomic E-state index is 10.5. The van der Waals surface area contributed by atoms with Crippen molar-refractivity contribution in [1.82, 2.24) is 4.98 Å². The Labute approximate surface area is 51.2 Å². The van der Waals surface area contributed by atoms with Crippen LogP contribution < -0.4 is 0 Å². The van der Waals surface area contributed by atoms with Crippen molar-refractivity contribution < 1.29 is 4.79 Å². The van der Waals surface area contributed by atoms with E-state index < -0.39 is 0 Å². The number of carbonyl (C=O) groups is 1. The fourth-order valence-electron chi connectivity index (χ4n) is 0.350. The average molecular weight is 126 g/mol. The molecule has 0 spiro atoms. The van der Waals surface area contributed by atoms with Crippen molar-refractivity contribution in [1.29, 1.82) is 0 Å². The van der Waals surface area contributed by atoms with Crippen LogP contribution in [0.2, 0.25) is 0 Å². The van der Waals surface area contributed by atoms with Gasteiger partial charge < -0.3 is 0 Å². The standard InChI is InChI=1S/C5H4NOS/c1-4(7)5-2-6-3-8-5/h2H,1H3. The van der Waals surface area contributed by atoms with Gasteiger partial charge >= 0.3 is 0 Å². The van der Waals surface area contributed by atoms with Crippen LogP contribution in [0, 0.1) is 5.51 Å². The smallest absolute Gasteiger partial charge is 0.171 e. The van der Waals surface area contributed by atoms with Crippen molar-refractivity contribution in [2.75, 3.05) is 0 Å². The Kier molecular flexibility index (Phi) is 1.39. The minimum absolute atomic E-state index is 0.0590. The van der Waals surface area contributed by atoms with E-state index in [1.807, 2.05) is 0 Å². The molecular formula is C5H4NOS. The Morgan fingerprint density at radius 1 is 2.00 bits per heavy atom. The summed E-state index contributed by atoms with van der Waals surface area (Å²) < 4.78 is 0. The van der Waals surface area contributed by atoms with Crippen molar-refractivity contribution in [2.45, 2.75) is 6.92 Å². The summed E-state index contributed by atoms with van der Waals surface area (Å²) in [7, 11) is 0. The quantitative estimate of drug-likeness (QED) is 0.528. The first-order chi connectivity index (χ1) is 3.80. The van der Waals surface area contributed by atoms with Crippen molar-refractivity contribution >= 4 is 17.1 Å². The first-order valence-corrected chi connectivity index (χ1v) is 2.95. The second-order valence-electron chi connectivity index (χ2n) is 1.37. The van der Waals surface area contributed by atoms with Crippen LogP contribution in [0.15, 0.2) is 6.20 Å². The molecule has 2 nitrogen and oxygen atoms in total. The summed E-state index contributed by atoms with van der Waals surface area (Å²) in [5.41, 5.74) is 2.58. The van der Waals surface area contributed by atoms with Gasteiger partial charge in [-0.15, -0.1) is 11.3 Å². The van der Waals surface area contributed by atoms with Crippen molar-refractivity contribution in [3.8, 4) is 0 Å². The lowest BCUT2D eigenvalue weighted by Crippen LogP contribution is -1.83. The fraction of sp³-hybridized carbons (Fsp3) is 0.200. The summed E-state index contributed by atoms with van der Waals surface area (Å²) in [6.45, 7) is 1.52. The maximum absolute atomic E-state index is 10.5. The highest BCUT2D eigenvalue weighted by Crippen LogP contribution is 2.03. The van der Waals surface area contributed by atoms with Gasteiger partial charge in [-0.25, -0.2) is 4.98 Å². The number of carbonyl (C=O) groups excluding carboxylic acids is 1. The minimum atomic E-state index is 0.0590. The summed E-state index contributed by atoms with van der Waals surface area (Å²) in [4.78, 5) is 14.7. The predicted octanol–water partition coefficient (Wildman–Crippen LogP) is 1.15. The van der Waals surface area contributed by atoms with E-state index >= 15 is 0 Å². The van der Waals surface area contributed by atoms with E-state index in [0.717, 1.165) is 0 Å². The van der Waals surface area contributed by atoms with Gasteiger partial charge in [-0.1, -0.05) is 0 Å². The van der Waals surface area contributed by atoms with E-state index in [2.05, 4.69) is 10.5 Å². The van der Waals surface area contributed by atoms with Crippen LogP contribution in [0.1, 0.15) is 16.6 Å². The molecule has 0 saturated carbocycles. The average Bonchev–Trinajstić information content (AvgIpc) is 2.12. The number of ketones is 1. The van der Waals surface area contributed by atoms with Gasteiger partial charge in [0.25, 0.3) is 0 Å². The third kappa shape index (κ3) is 0.924. The van der Waals surface area contributed by atoms with Gasteiger partial charge in [0.2, 0.25) is 0 Å².